The van der Waals surface area contributed by atoms with E-state index in [1.807, 2.05) is 6.07 Å². The number of hydrogen-bond donors (Lipinski definition) is 1. The Balaban J connectivity index is 1.73. The molecule has 0 unspecified atom stereocenters. The topological polar surface area (TPSA) is 55.8 Å². The lowest BCUT2D eigenvalue weighted by molar-refractivity contribution is -0.0826. The Morgan fingerprint density at radius 3 is 2.89 bits per heavy atom. The fourth-order valence-electron chi connectivity index (χ4n) is 2.03. The number of aliphatic hydroxyl groups is 1. The van der Waals surface area contributed by atoms with Gasteiger partial charge in [-0.25, -0.2) is 4.79 Å². The number of hydrogen-bond acceptors (Lipinski definition) is 4. The van der Waals surface area contributed by atoms with Crippen molar-refractivity contribution in [2.24, 2.45) is 0 Å². The van der Waals surface area contributed by atoms with E-state index in [1.165, 1.54) is 0 Å². The quantitative estimate of drug-likeness (QED) is 0.827. The van der Waals surface area contributed by atoms with Gasteiger partial charge in [0.25, 0.3) is 0 Å². The average molecular weight is 250 g/mol. The highest BCUT2D eigenvalue weighted by atomic mass is 16.5. The van der Waals surface area contributed by atoms with Crippen LogP contribution in [-0.4, -0.2) is 36.5 Å². The molecule has 1 N–H and O–H groups in total. The maximum atomic E-state index is 11.6. The maximum Gasteiger partial charge on any atom is 0.338 e. The van der Waals surface area contributed by atoms with E-state index in [0.29, 0.717) is 18.6 Å². The zero-order valence-corrected chi connectivity index (χ0v) is 10.2. The predicted octanol–water partition coefficient (Wildman–Crippen LogP) is 1.77. The van der Waals surface area contributed by atoms with Crippen LogP contribution in [0.15, 0.2) is 30.3 Å². The minimum atomic E-state index is -0.436. The van der Waals surface area contributed by atoms with Gasteiger partial charge < -0.3 is 14.6 Å². The molecule has 1 heterocycles. The standard InChI is InChI=1S/C14H18O4/c15-12-7-4-9-17-13(12)8-10-18-14(16)11-5-2-1-3-6-11/h1-3,5-6,12-13,15H,4,7-10H2/t12-,13-/m1/s1. The lowest BCUT2D eigenvalue weighted by Gasteiger charge is -2.27. The molecule has 0 amide bonds. The molecule has 0 bridgehead atoms. The summed E-state index contributed by atoms with van der Waals surface area (Å²) in [6.07, 6.45) is 1.55. The third-order valence-electron chi connectivity index (χ3n) is 3.05. The fourth-order valence-corrected chi connectivity index (χ4v) is 2.03. The van der Waals surface area contributed by atoms with Crippen molar-refractivity contribution in [2.45, 2.75) is 31.5 Å². The molecule has 0 radical (unpaired) electrons. The largest absolute Gasteiger partial charge is 0.462 e. The number of carbonyl (C=O) groups excluding carboxylic acids is 1. The summed E-state index contributed by atoms with van der Waals surface area (Å²) in [6, 6.07) is 8.88. The number of carbonyl (C=O) groups is 1. The number of esters is 1. The molecule has 1 aromatic rings. The first-order valence-electron chi connectivity index (χ1n) is 6.29. The number of rotatable bonds is 4. The first-order chi connectivity index (χ1) is 8.77. The molecule has 98 valence electrons. The van der Waals surface area contributed by atoms with Gasteiger partial charge in [0.05, 0.1) is 24.4 Å². The van der Waals surface area contributed by atoms with E-state index in [1.54, 1.807) is 24.3 Å². The van der Waals surface area contributed by atoms with Gasteiger partial charge in [0.15, 0.2) is 0 Å². The van der Waals surface area contributed by atoms with Crippen molar-refractivity contribution in [3.63, 3.8) is 0 Å². The summed E-state index contributed by atoms with van der Waals surface area (Å²) in [7, 11) is 0. The van der Waals surface area contributed by atoms with E-state index in [0.717, 1.165) is 12.8 Å². The Morgan fingerprint density at radius 2 is 2.17 bits per heavy atom. The molecule has 18 heavy (non-hydrogen) atoms. The van der Waals surface area contributed by atoms with E-state index >= 15 is 0 Å². The normalized spacial score (nSPS) is 23.6. The average Bonchev–Trinajstić information content (AvgIpc) is 2.42. The lowest BCUT2D eigenvalue weighted by atomic mass is 10.0. The highest BCUT2D eigenvalue weighted by molar-refractivity contribution is 5.89. The Bertz CT molecular complexity index is 377. The minimum absolute atomic E-state index is 0.206. The van der Waals surface area contributed by atoms with Crippen LogP contribution in [0.5, 0.6) is 0 Å². The summed E-state index contributed by atoms with van der Waals surface area (Å²) >= 11 is 0. The molecule has 4 heteroatoms. The Kier molecular flexibility index (Phi) is 4.73. The number of ether oxygens (including phenoxy) is 2. The molecule has 1 fully saturated rings. The summed E-state index contributed by atoms with van der Waals surface area (Å²) in [5, 5.41) is 9.69. The van der Waals surface area contributed by atoms with Gasteiger partial charge in [0.1, 0.15) is 0 Å². The third kappa shape index (κ3) is 3.55. The van der Waals surface area contributed by atoms with E-state index in [-0.39, 0.29) is 18.7 Å². The zero-order chi connectivity index (χ0) is 12.8. The first kappa shape index (κ1) is 13.1. The summed E-state index contributed by atoms with van der Waals surface area (Å²) in [5.41, 5.74) is 0.544. The Morgan fingerprint density at radius 1 is 1.39 bits per heavy atom. The summed E-state index contributed by atoms with van der Waals surface area (Å²) in [6.45, 7) is 0.948. The van der Waals surface area contributed by atoms with Gasteiger partial charge in [-0.3, -0.25) is 0 Å². The van der Waals surface area contributed by atoms with Crippen molar-refractivity contribution < 1.29 is 19.4 Å². The van der Waals surface area contributed by atoms with Gasteiger partial charge in [-0.1, -0.05) is 18.2 Å². The highest BCUT2D eigenvalue weighted by Gasteiger charge is 2.23. The van der Waals surface area contributed by atoms with Crippen LogP contribution in [0.3, 0.4) is 0 Å². The first-order valence-corrected chi connectivity index (χ1v) is 6.29. The van der Waals surface area contributed by atoms with Gasteiger partial charge in [-0.2, -0.15) is 0 Å². The zero-order valence-electron chi connectivity index (χ0n) is 10.2. The van der Waals surface area contributed by atoms with Crippen LogP contribution >= 0.6 is 0 Å². The van der Waals surface area contributed by atoms with Crippen LogP contribution in [0.1, 0.15) is 29.6 Å². The van der Waals surface area contributed by atoms with Crippen molar-refractivity contribution in [3.8, 4) is 0 Å². The van der Waals surface area contributed by atoms with Gasteiger partial charge in [-0.15, -0.1) is 0 Å². The molecule has 0 saturated carbocycles. The Hall–Kier alpha value is -1.39. The van der Waals surface area contributed by atoms with Crippen LogP contribution in [0.4, 0.5) is 0 Å². The van der Waals surface area contributed by atoms with Crippen LogP contribution < -0.4 is 0 Å². The smallest absolute Gasteiger partial charge is 0.338 e. The van der Waals surface area contributed by atoms with E-state index in [9.17, 15) is 9.90 Å². The minimum Gasteiger partial charge on any atom is -0.462 e. The molecule has 1 aliphatic heterocycles. The van der Waals surface area contributed by atoms with Crippen LogP contribution in [0.2, 0.25) is 0 Å². The SMILES string of the molecule is O=C(OCC[C@H]1OCCC[C@H]1O)c1ccccc1. The van der Waals surface area contributed by atoms with Gasteiger partial charge in [0, 0.05) is 13.0 Å². The second-order valence-corrected chi connectivity index (χ2v) is 4.41. The fraction of sp³-hybridized carbons (Fsp3) is 0.500. The van der Waals surface area contributed by atoms with Crippen LogP contribution in [0, 0.1) is 0 Å². The monoisotopic (exact) mass is 250 g/mol. The maximum absolute atomic E-state index is 11.6. The molecular weight excluding hydrogens is 232 g/mol. The third-order valence-corrected chi connectivity index (χ3v) is 3.05. The second-order valence-electron chi connectivity index (χ2n) is 4.41. The summed E-state index contributed by atoms with van der Waals surface area (Å²) < 4.78 is 10.6. The molecule has 0 spiro atoms. The lowest BCUT2D eigenvalue weighted by Crippen LogP contribution is -2.35. The van der Waals surface area contributed by atoms with Crippen molar-refractivity contribution in [1.29, 1.82) is 0 Å². The van der Waals surface area contributed by atoms with Gasteiger partial charge >= 0.3 is 5.97 Å². The Labute approximate surface area is 107 Å². The molecule has 0 aliphatic carbocycles. The summed E-state index contributed by atoms with van der Waals surface area (Å²) in [4.78, 5) is 11.6. The molecule has 1 aliphatic rings. The van der Waals surface area contributed by atoms with Crippen molar-refractivity contribution >= 4 is 5.97 Å². The van der Waals surface area contributed by atoms with E-state index in [2.05, 4.69) is 0 Å². The summed E-state index contributed by atoms with van der Waals surface area (Å²) in [5.74, 6) is -0.333. The molecule has 1 aromatic carbocycles. The number of benzene rings is 1. The molecule has 0 aromatic heterocycles. The van der Waals surface area contributed by atoms with Crippen LogP contribution in [-0.2, 0) is 9.47 Å². The molecule has 1 saturated heterocycles. The highest BCUT2D eigenvalue weighted by Crippen LogP contribution is 2.16. The van der Waals surface area contributed by atoms with Crippen LogP contribution in [0.25, 0.3) is 0 Å². The molecule has 4 nitrogen and oxygen atoms in total. The van der Waals surface area contributed by atoms with Crippen molar-refractivity contribution in [2.75, 3.05) is 13.2 Å². The molecule has 2 rings (SSSR count). The van der Waals surface area contributed by atoms with Gasteiger partial charge in [0.2, 0.25) is 0 Å². The van der Waals surface area contributed by atoms with E-state index < -0.39 is 6.10 Å². The second kappa shape index (κ2) is 6.52. The molecular formula is C14H18O4. The molecule has 2 atom stereocenters. The van der Waals surface area contributed by atoms with Crippen molar-refractivity contribution in [1.82, 2.24) is 0 Å². The van der Waals surface area contributed by atoms with E-state index in [4.69, 9.17) is 9.47 Å². The predicted molar refractivity (Wildman–Crippen MR) is 66.3 cm³/mol. The van der Waals surface area contributed by atoms with Crippen molar-refractivity contribution in [3.05, 3.63) is 35.9 Å². The van der Waals surface area contributed by atoms with Gasteiger partial charge in [-0.05, 0) is 25.0 Å². The number of aliphatic hydroxyl groups excluding tert-OH is 1.